The molecule has 0 radical (unpaired) electrons. The van der Waals surface area contributed by atoms with Gasteiger partial charge in [-0.15, -0.1) is 11.3 Å². The predicted molar refractivity (Wildman–Crippen MR) is 68.8 cm³/mol. The van der Waals surface area contributed by atoms with Gasteiger partial charge in [0.2, 0.25) is 5.91 Å². The fourth-order valence-corrected chi connectivity index (χ4v) is 2.06. The van der Waals surface area contributed by atoms with Crippen molar-refractivity contribution < 1.29 is 4.79 Å². The molecule has 0 saturated carbocycles. The van der Waals surface area contributed by atoms with Crippen molar-refractivity contribution in [1.29, 1.82) is 5.26 Å². The molecule has 0 saturated heterocycles. The lowest BCUT2D eigenvalue weighted by molar-refractivity contribution is -0.116. The fourth-order valence-electron chi connectivity index (χ4n) is 1.31. The van der Waals surface area contributed by atoms with Crippen LogP contribution in [0.3, 0.4) is 0 Å². The Balaban J connectivity index is 2.38. The van der Waals surface area contributed by atoms with Crippen LogP contribution in [0, 0.1) is 11.3 Å². The first-order chi connectivity index (χ1) is 8.17. The number of carbonyl (C=O) groups excluding carboxylic acids is 1. The topological polar surface area (TPSA) is 82.2 Å². The molecule has 0 aliphatic carbocycles. The number of amides is 1. The van der Waals surface area contributed by atoms with E-state index in [4.69, 9.17) is 11.0 Å². The Bertz CT molecular complexity index is 410. The number of likely N-dealkylation sites (N-methyl/N-ethyl adjacent to an activating group) is 1. The largest absolute Gasteiger partial charge is 0.329 e. The third kappa shape index (κ3) is 4.53. The number of nitrogens with zero attached hydrogens (tertiary/aromatic N) is 2. The maximum atomic E-state index is 11.6. The predicted octanol–water partition coefficient (Wildman–Crippen LogP) is 0.839. The monoisotopic (exact) mass is 252 g/mol. The normalized spacial score (nSPS) is 10.2. The highest BCUT2D eigenvalue weighted by atomic mass is 32.1. The number of rotatable bonds is 6. The Labute approximate surface area is 105 Å². The lowest BCUT2D eigenvalue weighted by atomic mass is 10.3. The first kappa shape index (κ1) is 13.6. The van der Waals surface area contributed by atoms with E-state index in [2.05, 4.69) is 5.32 Å². The minimum Gasteiger partial charge on any atom is -0.329 e. The Hall–Kier alpha value is -1.42. The maximum Gasteiger partial charge on any atom is 0.226 e. The molecule has 1 rings (SSSR count). The van der Waals surface area contributed by atoms with E-state index in [9.17, 15) is 4.79 Å². The summed E-state index contributed by atoms with van der Waals surface area (Å²) in [5.74, 6) is -0.0761. The summed E-state index contributed by atoms with van der Waals surface area (Å²) in [4.78, 5) is 13.6. The Morgan fingerprint density at radius 2 is 2.41 bits per heavy atom. The zero-order valence-corrected chi connectivity index (χ0v) is 10.6. The highest BCUT2D eigenvalue weighted by Crippen LogP contribution is 2.22. The molecule has 6 heteroatoms. The van der Waals surface area contributed by atoms with Crippen LogP contribution < -0.4 is 11.1 Å². The van der Waals surface area contributed by atoms with Crippen LogP contribution in [-0.2, 0) is 4.79 Å². The van der Waals surface area contributed by atoms with Crippen LogP contribution in [0.25, 0.3) is 0 Å². The number of nitrogens with one attached hydrogen (secondary N) is 1. The van der Waals surface area contributed by atoms with E-state index in [1.54, 1.807) is 11.4 Å². The lowest BCUT2D eigenvalue weighted by Gasteiger charge is -2.14. The van der Waals surface area contributed by atoms with Gasteiger partial charge in [-0.2, -0.15) is 5.26 Å². The molecule has 0 atom stereocenters. The van der Waals surface area contributed by atoms with Crippen molar-refractivity contribution in [3.8, 4) is 6.07 Å². The van der Waals surface area contributed by atoms with Crippen LogP contribution in [0.2, 0.25) is 0 Å². The lowest BCUT2D eigenvalue weighted by Crippen LogP contribution is -2.28. The van der Waals surface area contributed by atoms with Crippen LogP contribution in [0.15, 0.2) is 11.4 Å². The van der Waals surface area contributed by atoms with Gasteiger partial charge < -0.3 is 16.0 Å². The summed E-state index contributed by atoms with van der Waals surface area (Å²) < 4.78 is 0. The highest BCUT2D eigenvalue weighted by molar-refractivity contribution is 7.14. The molecular formula is C11H16N4OS. The molecule has 1 amide bonds. The third-order valence-electron chi connectivity index (χ3n) is 2.27. The van der Waals surface area contributed by atoms with Gasteiger partial charge in [-0.3, -0.25) is 4.79 Å². The van der Waals surface area contributed by atoms with Crippen molar-refractivity contribution in [2.45, 2.75) is 6.42 Å². The fraction of sp³-hybridized carbons (Fsp3) is 0.455. The van der Waals surface area contributed by atoms with Crippen molar-refractivity contribution in [3.63, 3.8) is 0 Å². The number of anilines is 1. The quantitative estimate of drug-likeness (QED) is 0.786. The summed E-state index contributed by atoms with van der Waals surface area (Å²) in [7, 11) is 1.92. The molecule has 0 bridgehead atoms. The molecule has 1 aromatic rings. The number of hydrogen-bond donors (Lipinski definition) is 2. The summed E-state index contributed by atoms with van der Waals surface area (Å²) in [6.07, 6.45) is 0.402. The van der Waals surface area contributed by atoms with Gasteiger partial charge in [0.15, 0.2) is 0 Å². The number of nitrogens with two attached hydrogens (primary N) is 1. The molecule has 1 heterocycles. The number of hydrogen-bond acceptors (Lipinski definition) is 5. The van der Waals surface area contributed by atoms with Crippen molar-refractivity contribution in [3.05, 3.63) is 17.0 Å². The highest BCUT2D eigenvalue weighted by Gasteiger charge is 2.08. The smallest absolute Gasteiger partial charge is 0.226 e. The Morgan fingerprint density at radius 3 is 3.06 bits per heavy atom. The van der Waals surface area contributed by atoms with Gasteiger partial charge in [-0.25, -0.2) is 0 Å². The second kappa shape index (κ2) is 7.01. The number of carbonyl (C=O) groups is 1. The van der Waals surface area contributed by atoms with Gasteiger partial charge in [0.25, 0.3) is 0 Å². The van der Waals surface area contributed by atoms with E-state index in [-0.39, 0.29) is 5.91 Å². The Kier molecular flexibility index (Phi) is 5.63. The van der Waals surface area contributed by atoms with Crippen molar-refractivity contribution >= 4 is 22.2 Å². The van der Waals surface area contributed by atoms with E-state index in [0.717, 1.165) is 6.54 Å². The molecule has 92 valence electrons. The minimum atomic E-state index is -0.0761. The van der Waals surface area contributed by atoms with E-state index in [1.807, 2.05) is 18.0 Å². The van der Waals surface area contributed by atoms with E-state index in [1.165, 1.54) is 11.3 Å². The number of nitriles is 1. The average Bonchev–Trinajstić information content (AvgIpc) is 2.74. The zero-order chi connectivity index (χ0) is 12.7. The summed E-state index contributed by atoms with van der Waals surface area (Å²) in [5.41, 5.74) is 5.92. The van der Waals surface area contributed by atoms with Gasteiger partial charge >= 0.3 is 0 Å². The molecule has 1 aromatic heterocycles. The standard InChI is InChI=1S/C11H16N4OS/c1-15(6-4-12)5-2-10(16)14-11-9(8-13)3-7-17-11/h3,7H,2,4-6,12H2,1H3,(H,14,16). The third-order valence-corrected chi connectivity index (χ3v) is 3.10. The van der Waals surface area contributed by atoms with Gasteiger partial charge in [0.1, 0.15) is 11.1 Å². The molecule has 0 unspecified atom stereocenters. The van der Waals surface area contributed by atoms with Gasteiger partial charge in [0.05, 0.1) is 5.56 Å². The second-order valence-electron chi connectivity index (χ2n) is 3.67. The van der Waals surface area contributed by atoms with Crippen LogP contribution in [0.4, 0.5) is 5.00 Å². The first-order valence-electron chi connectivity index (χ1n) is 5.33. The molecule has 0 aliphatic rings. The molecule has 3 N–H and O–H groups in total. The van der Waals surface area contributed by atoms with Crippen LogP contribution in [0.5, 0.6) is 0 Å². The molecule has 0 aromatic carbocycles. The molecular weight excluding hydrogens is 236 g/mol. The van der Waals surface area contributed by atoms with Gasteiger partial charge in [-0.1, -0.05) is 0 Å². The van der Waals surface area contributed by atoms with Gasteiger partial charge in [-0.05, 0) is 18.5 Å². The Morgan fingerprint density at radius 1 is 1.65 bits per heavy atom. The van der Waals surface area contributed by atoms with Crippen LogP contribution in [-0.4, -0.2) is 37.5 Å². The van der Waals surface area contributed by atoms with Crippen LogP contribution >= 0.6 is 11.3 Å². The summed E-state index contributed by atoms with van der Waals surface area (Å²) >= 11 is 1.36. The van der Waals surface area contributed by atoms with E-state index in [0.29, 0.717) is 30.1 Å². The molecule has 0 aliphatic heterocycles. The summed E-state index contributed by atoms with van der Waals surface area (Å²) in [6, 6.07) is 3.73. The molecule has 0 fully saturated rings. The van der Waals surface area contributed by atoms with E-state index >= 15 is 0 Å². The van der Waals surface area contributed by atoms with E-state index < -0.39 is 0 Å². The first-order valence-corrected chi connectivity index (χ1v) is 6.21. The average molecular weight is 252 g/mol. The second-order valence-corrected chi connectivity index (χ2v) is 4.58. The molecule has 5 nitrogen and oxygen atoms in total. The van der Waals surface area contributed by atoms with Gasteiger partial charge in [0, 0.05) is 26.1 Å². The van der Waals surface area contributed by atoms with Crippen molar-refractivity contribution in [2.75, 3.05) is 32.0 Å². The SMILES string of the molecule is CN(CCN)CCC(=O)Nc1sccc1C#N. The van der Waals surface area contributed by atoms with Crippen molar-refractivity contribution in [2.24, 2.45) is 5.73 Å². The van der Waals surface area contributed by atoms with Crippen molar-refractivity contribution in [1.82, 2.24) is 4.90 Å². The summed E-state index contributed by atoms with van der Waals surface area (Å²) in [5, 5.41) is 13.9. The zero-order valence-electron chi connectivity index (χ0n) is 9.77. The molecule has 17 heavy (non-hydrogen) atoms. The minimum absolute atomic E-state index is 0.0761. The maximum absolute atomic E-state index is 11.6. The number of thiophene rings is 1. The molecule has 0 spiro atoms. The van der Waals surface area contributed by atoms with Crippen LogP contribution in [0.1, 0.15) is 12.0 Å². The summed E-state index contributed by atoms with van der Waals surface area (Å²) in [6.45, 7) is 2.02.